The number of nitrogens with one attached hydrogen (secondary N) is 1. The molecule has 6 heteroatoms. The summed E-state index contributed by atoms with van der Waals surface area (Å²) >= 11 is 0. The fraction of sp³-hybridized carbons (Fsp3) is 0.741. The number of allylic oxidation sites excluding steroid dienone is 4. The molecule has 0 bridgehead atoms. The standard InChI is InChI=1S/C27H38N2O4/c1-26-13-12-18-16(17(26)10-11-20(26)25(32)33)8-9-19-23(28)22(30)14-21(27(18,19)2)24(31)29-15-6-4-3-5-7-15/h8-9,15-18,20-21H,3-7,10-14,28H2,1-2H3,(H,29,31)(H,32,33)/t16-,17-,18-,20+,21?,26-,27+/m0/s1. The number of hydrogen-bond acceptors (Lipinski definition) is 4. The number of carboxylic acids is 1. The fourth-order valence-corrected chi connectivity index (χ4v) is 8.55. The number of carbonyl (C=O) groups is 3. The molecule has 1 amide bonds. The second kappa shape index (κ2) is 7.99. The maximum absolute atomic E-state index is 13.7. The third-order valence-electron chi connectivity index (χ3n) is 10.4. The van der Waals surface area contributed by atoms with Crippen LogP contribution in [0, 0.1) is 40.4 Å². The highest BCUT2D eigenvalue weighted by molar-refractivity contribution is 6.01. The first-order chi connectivity index (χ1) is 15.7. The monoisotopic (exact) mass is 454 g/mol. The quantitative estimate of drug-likeness (QED) is 0.598. The number of aliphatic carboxylic acids is 1. The van der Waals surface area contributed by atoms with Crippen molar-refractivity contribution in [1.82, 2.24) is 5.32 Å². The summed E-state index contributed by atoms with van der Waals surface area (Å²) in [5, 5.41) is 13.2. The van der Waals surface area contributed by atoms with Gasteiger partial charge in [0.2, 0.25) is 5.91 Å². The van der Waals surface area contributed by atoms with Gasteiger partial charge in [0.15, 0.2) is 5.78 Å². The van der Waals surface area contributed by atoms with Crippen LogP contribution in [0.5, 0.6) is 0 Å². The van der Waals surface area contributed by atoms with Crippen LogP contribution in [-0.4, -0.2) is 28.8 Å². The van der Waals surface area contributed by atoms with Crippen molar-refractivity contribution in [3.63, 3.8) is 0 Å². The average molecular weight is 455 g/mol. The Labute approximate surface area is 196 Å². The molecule has 3 saturated carbocycles. The zero-order valence-electron chi connectivity index (χ0n) is 19.9. The second-order valence-corrected chi connectivity index (χ2v) is 11.8. The summed E-state index contributed by atoms with van der Waals surface area (Å²) < 4.78 is 0. The molecule has 33 heavy (non-hydrogen) atoms. The van der Waals surface area contributed by atoms with Gasteiger partial charge in [0.25, 0.3) is 0 Å². The van der Waals surface area contributed by atoms with Crippen LogP contribution >= 0.6 is 0 Å². The van der Waals surface area contributed by atoms with Gasteiger partial charge in [0.05, 0.1) is 17.5 Å². The number of fused-ring (bicyclic) bond motifs is 5. The lowest BCUT2D eigenvalue weighted by Crippen LogP contribution is -2.57. The molecule has 3 fully saturated rings. The largest absolute Gasteiger partial charge is 0.481 e. The summed E-state index contributed by atoms with van der Waals surface area (Å²) in [7, 11) is 0. The number of ketones is 1. The van der Waals surface area contributed by atoms with Crippen LogP contribution in [0.3, 0.4) is 0 Å². The fourth-order valence-electron chi connectivity index (χ4n) is 8.55. The van der Waals surface area contributed by atoms with Gasteiger partial charge in [-0.15, -0.1) is 0 Å². The molecule has 0 heterocycles. The van der Waals surface area contributed by atoms with Crippen LogP contribution in [0.1, 0.15) is 78.1 Å². The summed E-state index contributed by atoms with van der Waals surface area (Å²) in [5.74, 6) is -0.834. The van der Waals surface area contributed by atoms with Gasteiger partial charge >= 0.3 is 5.97 Å². The first-order valence-corrected chi connectivity index (χ1v) is 12.9. The smallest absolute Gasteiger partial charge is 0.307 e. The van der Waals surface area contributed by atoms with Gasteiger partial charge in [-0.2, -0.15) is 0 Å². The number of nitrogens with two attached hydrogens (primary N) is 1. The minimum Gasteiger partial charge on any atom is -0.481 e. The number of carbonyl (C=O) groups excluding carboxylic acids is 2. The Balaban J connectivity index is 1.50. The minimum atomic E-state index is -0.678. The molecule has 0 aromatic heterocycles. The Morgan fingerprint density at radius 1 is 1.03 bits per heavy atom. The van der Waals surface area contributed by atoms with Crippen LogP contribution in [-0.2, 0) is 14.4 Å². The molecule has 5 aliphatic rings. The lowest BCUT2D eigenvalue weighted by atomic mass is 9.46. The van der Waals surface area contributed by atoms with Crippen molar-refractivity contribution < 1.29 is 19.5 Å². The highest BCUT2D eigenvalue weighted by Gasteiger charge is 2.62. The first kappa shape index (κ1) is 22.7. The zero-order chi connectivity index (χ0) is 23.5. The van der Waals surface area contributed by atoms with Crippen molar-refractivity contribution in [3.8, 4) is 0 Å². The molecule has 0 aliphatic heterocycles. The topological polar surface area (TPSA) is 109 Å². The van der Waals surface area contributed by atoms with Gasteiger partial charge in [0.1, 0.15) is 0 Å². The number of carboxylic acid groups (broad SMARTS) is 1. The SMILES string of the molecule is C[C@]12CC[C@H]3[C@@H](C=CC4=C(N)C(=O)CC(C(=O)NC5CCCCC5)[C@@]43C)[C@@H]1CC[C@@H]2C(=O)O. The second-order valence-electron chi connectivity index (χ2n) is 11.8. The van der Waals surface area contributed by atoms with Crippen LogP contribution in [0.2, 0.25) is 0 Å². The van der Waals surface area contributed by atoms with Crippen molar-refractivity contribution >= 4 is 17.7 Å². The van der Waals surface area contributed by atoms with Crippen molar-refractivity contribution in [2.45, 2.75) is 84.1 Å². The van der Waals surface area contributed by atoms with E-state index in [4.69, 9.17) is 5.73 Å². The van der Waals surface area contributed by atoms with Gasteiger partial charge in [0, 0.05) is 17.9 Å². The van der Waals surface area contributed by atoms with Gasteiger partial charge in [-0.3, -0.25) is 14.4 Å². The molecular formula is C27H38N2O4. The Morgan fingerprint density at radius 2 is 1.76 bits per heavy atom. The van der Waals surface area contributed by atoms with Crippen LogP contribution < -0.4 is 11.1 Å². The van der Waals surface area contributed by atoms with E-state index in [0.29, 0.717) is 5.70 Å². The molecule has 5 aliphatic carbocycles. The average Bonchev–Trinajstić information content (AvgIpc) is 3.14. The Morgan fingerprint density at radius 3 is 2.45 bits per heavy atom. The van der Waals surface area contributed by atoms with Crippen molar-refractivity contribution in [2.75, 3.05) is 0 Å². The van der Waals surface area contributed by atoms with Gasteiger partial charge in [-0.1, -0.05) is 45.3 Å². The molecular weight excluding hydrogens is 416 g/mol. The predicted octanol–water partition coefficient (Wildman–Crippen LogP) is 3.96. The zero-order valence-corrected chi connectivity index (χ0v) is 19.9. The van der Waals surface area contributed by atoms with Gasteiger partial charge in [-0.25, -0.2) is 0 Å². The van der Waals surface area contributed by atoms with E-state index < -0.39 is 17.3 Å². The number of Topliss-reactive ketones (excluding diaryl/α,β-unsaturated/α-hetero) is 1. The maximum Gasteiger partial charge on any atom is 0.307 e. The maximum atomic E-state index is 13.7. The van der Waals surface area contributed by atoms with E-state index in [9.17, 15) is 19.5 Å². The molecule has 0 radical (unpaired) electrons. The Hall–Kier alpha value is -2.11. The van der Waals surface area contributed by atoms with E-state index >= 15 is 0 Å². The minimum absolute atomic E-state index is 0.0000281. The molecule has 7 atom stereocenters. The highest BCUT2D eigenvalue weighted by atomic mass is 16.4. The molecule has 1 unspecified atom stereocenters. The van der Waals surface area contributed by atoms with Crippen LogP contribution in [0.25, 0.3) is 0 Å². The number of rotatable bonds is 3. The summed E-state index contributed by atoms with van der Waals surface area (Å²) in [6, 6.07) is 0.201. The van der Waals surface area contributed by atoms with Crippen LogP contribution in [0.15, 0.2) is 23.4 Å². The Bertz CT molecular complexity index is 932. The van der Waals surface area contributed by atoms with E-state index in [2.05, 4.69) is 25.2 Å². The molecule has 5 rings (SSSR count). The molecule has 4 N–H and O–H groups in total. The summed E-state index contributed by atoms with van der Waals surface area (Å²) in [4.78, 5) is 38.5. The molecule has 0 aromatic rings. The predicted molar refractivity (Wildman–Crippen MR) is 125 cm³/mol. The van der Waals surface area contributed by atoms with Crippen LogP contribution in [0.4, 0.5) is 0 Å². The van der Waals surface area contributed by atoms with Gasteiger partial charge < -0.3 is 16.2 Å². The first-order valence-electron chi connectivity index (χ1n) is 12.9. The summed E-state index contributed by atoms with van der Waals surface area (Å²) in [6.45, 7) is 4.31. The van der Waals surface area contributed by atoms with Crippen molar-refractivity contribution in [3.05, 3.63) is 23.4 Å². The third kappa shape index (κ3) is 3.30. The van der Waals surface area contributed by atoms with E-state index in [1.54, 1.807) is 0 Å². The van der Waals surface area contributed by atoms with E-state index in [1.165, 1.54) is 6.42 Å². The summed E-state index contributed by atoms with van der Waals surface area (Å²) in [5.41, 5.74) is 6.78. The van der Waals surface area contributed by atoms with Crippen molar-refractivity contribution in [2.24, 2.45) is 46.2 Å². The van der Waals surface area contributed by atoms with E-state index in [0.717, 1.165) is 56.9 Å². The molecule has 0 aromatic carbocycles. The van der Waals surface area contributed by atoms with E-state index in [1.807, 2.05) is 6.08 Å². The Kier molecular flexibility index (Phi) is 5.49. The number of hydrogen-bond donors (Lipinski definition) is 3. The number of amides is 1. The normalized spacial score (nSPS) is 43.0. The van der Waals surface area contributed by atoms with Gasteiger partial charge in [-0.05, 0) is 67.3 Å². The third-order valence-corrected chi connectivity index (χ3v) is 10.4. The molecule has 0 spiro atoms. The molecule has 6 nitrogen and oxygen atoms in total. The summed E-state index contributed by atoms with van der Waals surface area (Å²) in [6.07, 6.45) is 13.2. The highest BCUT2D eigenvalue weighted by Crippen LogP contribution is 2.66. The molecule has 180 valence electrons. The lowest BCUT2D eigenvalue weighted by Gasteiger charge is -2.57. The van der Waals surface area contributed by atoms with E-state index in [-0.39, 0.29) is 53.2 Å². The lowest BCUT2D eigenvalue weighted by molar-refractivity contribution is -0.149. The van der Waals surface area contributed by atoms with Crippen molar-refractivity contribution in [1.29, 1.82) is 0 Å². The molecule has 0 saturated heterocycles.